The minimum absolute atomic E-state index is 0.603. The van der Waals surface area contributed by atoms with Crippen molar-refractivity contribution in [1.82, 2.24) is 4.90 Å². The van der Waals surface area contributed by atoms with Crippen molar-refractivity contribution in [1.29, 1.82) is 0 Å². The molecule has 3 heteroatoms. The Morgan fingerprint density at radius 3 is 2.38 bits per heavy atom. The van der Waals surface area contributed by atoms with E-state index >= 15 is 0 Å². The van der Waals surface area contributed by atoms with Gasteiger partial charge in [0.15, 0.2) is 0 Å². The molecule has 0 amide bonds. The zero-order chi connectivity index (χ0) is 10.1. The Morgan fingerprint density at radius 1 is 1.23 bits per heavy atom. The summed E-state index contributed by atoms with van der Waals surface area (Å²) in [6.45, 7) is 8.19. The minimum atomic E-state index is 0.603. The Labute approximate surface area is 82.2 Å². The zero-order valence-corrected chi connectivity index (χ0v) is 9.25. The van der Waals surface area contributed by atoms with Crippen molar-refractivity contribution in [3.8, 4) is 0 Å². The van der Waals surface area contributed by atoms with Crippen molar-refractivity contribution in [2.45, 2.75) is 32.7 Å². The molecule has 0 radical (unpaired) electrons. The predicted molar refractivity (Wildman–Crippen MR) is 56.9 cm³/mol. The van der Waals surface area contributed by atoms with Crippen molar-refractivity contribution < 1.29 is 4.74 Å². The fourth-order valence-corrected chi connectivity index (χ4v) is 1.36. The van der Waals surface area contributed by atoms with Gasteiger partial charge in [-0.05, 0) is 33.2 Å². The molecule has 0 bridgehead atoms. The fourth-order valence-electron chi connectivity index (χ4n) is 1.36. The molecule has 2 N–H and O–H groups in total. The molecule has 0 saturated carbocycles. The predicted octanol–water partition coefficient (Wildman–Crippen LogP) is 1.08. The molecule has 0 fully saturated rings. The summed E-state index contributed by atoms with van der Waals surface area (Å²) in [4.78, 5) is 2.41. The maximum atomic E-state index is 5.53. The summed E-state index contributed by atoms with van der Waals surface area (Å²) >= 11 is 0. The fraction of sp³-hybridized carbons (Fsp3) is 1.00. The average Bonchev–Trinajstić information content (AvgIpc) is 2.10. The molecule has 0 saturated heterocycles. The SMILES string of the molecule is COCCCCN(CCN)C(C)C. The standard InChI is InChI=1S/C10H24N2O/c1-10(2)12(8-6-11)7-4-5-9-13-3/h10H,4-9,11H2,1-3H3. The molecule has 0 aliphatic rings. The lowest BCUT2D eigenvalue weighted by molar-refractivity contribution is 0.176. The van der Waals surface area contributed by atoms with Crippen molar-refractivity contribution in [3.63, 3.8) is 0 Å². The molecule has 0 heterocycles. The summed E-state index contributed by atoms with van der Waals surface area (Å²) < 4.78 is 5.00. The first-order valence-corrected chi connectivity index (χ1v) is 5.15. The van der Waals surface area contributed by atoms with Crippen LogP contribution >= 0.6 is 0 Å². The second-order valence-corrected chi connectivity index (χ2v) is 3.62. The molecule has 0 rings (SSSR count). The van der Waals surface area contributed by atoms with Gasteiger partial charge in [0.05, 0.1) is 0 Å². The van der Waals surface area contributed by atoms with Gasteiger partial charge in [-0.3, -0.25) is 4.90 Å². The highest BCUT2D eigenvalue weighted by atomic mass is 16.5. The van der Waals surface area contributed by atoms with Crippen LogP contribution in [0.2, 0.25) is 0 Å². The zero-order valence-electron chi connectivity index (χ0n) is 9.25. The van der Waals surface area contributed by atoms with Crippen LogP contribution in [0.25, 0.3) is 0 Å². The lowest BCUT2D eigenvalue weighted by Gasteiger charge is -2.25. The molecule has 0 atom stereocenters. The van der Waals surface area contributed by atoms with Gasteiger partial charge in [0.2, 0.25) is 0 Å². The van der Waals surface area contributed by atoms with Crippen LogP contribution in [0.4, 0.5) is 0 Å². The highest BCUT2D eigenvalue weighted by Crippen LogP contribution is 2.00. The Hall–Kier alpha value is -0.120. The van der Waals surface area contributed by atoms with Crippen LogP contribution in [0.3, 0.4) is 0 Å². The molecule has 0 unspecified atom stereocenters. The van der Waals surface area contributed by atoms with Crippen molar-refractivity contribution in [3.05, 3.63) is 0 Å². The van der Waals surface area contributed by atoms with Gasteiger partial charge in [0.1, 0.15) is 0 Å². The third kappa shape index (κ3) is 6.99. The van der Waals surface area contributed by atoms with Gasteiger partial charge in [0, 0.05) is 32.8 Å². The number of methoxy groups -OCH3 is 1. The number of ether oxygens (including phenoxy) is 1. The van der Waals surface area contributed by atoms with Crippen LogP contribution in [0.5, 0.6) is 0 Å². The van der Waals surface area contributed by atoms with E-state index in [1.807, 2.05) is 0 Å². The largest absolute Gasteiger partial charge is 0.385 e. The highest BCUT2D eigenvalue weighted by Gasteiger charge is 2.06. The molecule has 0 spiro atoms. The van der Waals surface area contributed by atoms with Gasteiger partial charge >= 0.3 is 0 Å². The van der Waals surface area contributed by atoms with E-state index in [2.05, 4.69) is 18.7 Å². The smallest absolute Gasteiger partial charge is 0.0462 e. The molecular formula is C10H24N2O. The molecule has 13 heavy (non-hydrogen) atoms. The van der Waals surface area contributed by atoms with Crippen molar-refractivity contribution >= 4 is 0 Å². The van der Waals surface area contributed by atoms with E-state index in [0.29, 0.717) is 6.04 Å². The molecule has 3 nitrogen and oxygen atoms in total. The molecular weight excluding hydrogens is 164 g/mol. The summed E-state index contributed by atoms with van der Waals surface area (Å²) in [7, 11) is 1.75. The molecule has 0 aliphatic carbocycles. The number of unbranched alkanes of at least 4 members (excludes halogenated alkanes) is 1. The van der Waals surface area contributed by atoms with Crippen molar-refractivity contribution in [2.75, 3.05) is 33.4 Å². The molecule has 0 aromatic rings. The van der Waals surface area contributed by atoms with Crippen LogP contribution in [-0.2, 0) is 4.74 Å². The summed E-state index contributed by atoms with van der Waals surface area (Å²) in [5, 5.41) is 0. The third-order valence-electron chi connectivity index (χ3n) is 2.19. The summed E-state index contributed by atoms with van der Waals surface area (Å²) in [5.41, 5.74) is 5.53. The van der Waals surface area contributed by atoms with Gasteiger partial charge < -0.3 is 10.5 Å². The quantitative estimate of drug-likeness (QED) is 0.579. The Morgan fingerprint density at radius 2 is 1.92 bits per heavy atom. The van der Waals surface area contributed by atoms with Gasteiger partial charge in [-0.25, -0.2) is 0 Å². The van der Waals surface area contributed by atoms with Gasteiger partial charge in [-0.2, -0.15) is 0 Å². The Bertz CT molecular complexity index is 107. The Kier molecular flexibility index (Phi) is 8.40. The number of hydrogen-bond donors (Lipinski definition) is 1. The lowest BCUT2D eigenvalue weighted by Crippen LogP contribution is -2.36. The van der Waals surface area contributed by atoms with Gasteiger partial charge in [-0.15, -0.1) is 0 Å². The van der Waals surface area contributed by atoms with E-state index < -0.39 is 0 Å². The average molecular weight is 188 g/mol. The summed E-state index contributed by atoms with van der Waals surface area (Å²) in [6, 6.07) is 0.603. The van der Waals surface area contributed by atoms with Gasteiger partial charge in [-0.1, -0.05) is 0 Å². The van der Waals surface area contributed by atoms with Crippen LogP contribution < -0.4 is 5.73 Å². The highest BCUT2D eigenvalue weighted by molar-refractivity contribution is 4.62. The molecule has 0 aromatic carbocycles. The molecule has 0 aromatic heterocycles. The van der Waals surface area contributed by atoms with E-state index in [1.54, 1.807) is 7.11 Å². The second-order valence-electron chi connectivity index (χ2n) is 3.62. The first-order chi connectivity index (χ1) is 6.22. The third-order valence-corrected chi connectivity index (χ3v) is 2.19. The van der Waals surface area contributed by atoms with Gasteiger partial charge in [0.25, 0.3) is 0 Å². The van der Waals surface area contributed by atoms with Crippen LogP contribution in [0, 0.1) is 0 Å². The normalized spacial score (nSPS) is 11.5. The Balaban J connectivity index is 3.45. The maximum absolute atomic E-state index is 5.53. The minimum Gasteiger partial charge on any atom is -0.385 e. The van der Waals surface area contributed by atoms with Crippen LogP contribution in [-0.4, -0.2) is 44.3 Å². The van der Waals surface area contributed by atoms with E-state index in [9.17, 15) is 0 Å². The van der Waals surface area contributed by atoms with E-state index in [4.69, 9.17) is 10.5 Å². The molecule has 80 valence electrons. The first kappa shape index (κ1) is 12.9. The lowest BCUT2D eigenvalue weighted by atomic mass is 10.2. The summed E-state index contributed by atoms with van der Waals surface area (Å²) in [6.07, 6.45) is 2.34. The van der Waals surface area contributed by atoms with Crippen LogP contribution in [0.1, 0.15) is 26.7 Å². The number of nitrogens with two attached hydrogens (primary N) is 1. The number of hydrogen-bond acceptors (Lipinski definition) is 3. The van der Waals surface area contributed by atoms with E-state index in [1.165, 1.54) is 6.42 Å². The van der Waals surface area contributed by atoms with E-state index in [0.717, 1.165) is 32.7 Å². The monoisotopic (exact) mass is 188 g/mol. The summed E-state index contributed by atoms with van der Waals surface area (Å²) in [5.74, 6) is 0. The number of nitrogens with zero attached hydrogens (tertiary/aromatic N) is 1. The topological polar surface area (TPSA) is 38.5 Å². The van der Waals surface area contributed by atoms with Crippen molar-refractivity contribution in [2.24, 2.45) is 5.73 Å². The maximum Gasteiger partial charge on any atom is 0.0462 e. The number of rotatable bonds is 8. The van der Waals surface area contributed by atoms with Crippen LogP contribution in [0.15, 0.2) is 0 Å². The molecule has 0 aliphatic heterocycles. The first-order valence-electron chi connectivity index (χ1n) is 5.15. The van der Waals surface area contributed by atoms with E-state index in [-0.39, 0.29) is 0 Å². The second kappa shape index (κ2) is 8.48.